The molecule has 0 heterocycles. The molecule has 0 radical (unpaired) electrons. The van der Waals surface area contributed by atoms with Gasteiger partial charge >= 0.3 is 80.0 Å². The third-order valence-electron chi connectivity index (χ3n) is 3.96. The predicted octanol–water partition coefficient (Wildman–Crippen LogP) is 9.47. The zero-order chi connectivity index (χ0) is 28.7. The van der Waals surface area contributed by atoms with E-state index < -0.39 is 19.1 Å². The summed E-state index contributed by atoms with van der Waals surface area (Å²) in [6.07, 6.45) is 0. The molecule has 0 spiro atoms. The fraction of sp³-hybridized carbons (Fsp3) is 0.828. The van der Waals surface area contributed by atoms with Crippen LogP contribution in [0.4, 0.5) is 10.5 Å². The fourth-order valence-electron chi connectivity index (χ4n) is 2.34. The summed E-state index contributed by atoms with van der Waals surface area (Å²) in [5.74, 6) is 4.35. The molecule has 0 amide bonds. The van der Waals surface area contributed by atoms with E-state index in [1.165, 1.54) is 12.1 Å². The Morgan fingerprint density at radius 3 is 0.784 bits per heavy atom. The molecule has 218 valence electrons. The van der Waals surface area contributed by atoms with Crippen molar-refractivity contribution in [2.75, 3.05) is 39.3 Å². The molecule has 1 aromatic rings. The van der Waals surface area contributed by atoms with Crippen LogP contribution in [0.5, 0.6) is 0 Å². The van der Waals surface area contributed by atoms with E-state index >= 15 is 0 Å². The Labute approximate surface area is 252 Å². The van der Waals surface area contributed by atoms with E-state index in [0.717, 1.165) is 86.9 Å². The maximum atomic E-state index is 11.8. The van der Waals surface area contributed by atoms with E-state index in [9.17, 15) is 10.5 Å². The van der Waals surface area contributed by atoms with Crippen LogP contribution < -0.4 is 4.40 Å². The Hall–Kier alpha value is 0.446. The van der Waals surface area contributed by atoms with Crippen molar-refractivity contribution in [2.24, 2.45) is 35.5 Å². The first-order chi connectivity index (χ1) is 16.5. The van der Waals surface area contributed by atoms with E-state index in [1.807, 2.05) is 0 Å². The Bertz CT molecular complexity index is 480. The summed E-state index contributed by atoms with van der Waals surface area (Å²) < 4.78 is 35.0. The molecule has 0 fully saturated rings. The molecule has 3 nitrogen and oxygen atoms in total. The second-order valence-corrected chi connectivity index (χ2v) is 15.1. The van der Waals surface area contributed by atoms with Gasteiger partial charge in [-0.05, 0) is 0 Å². The Morgan fingerprint density at radius 2 is 0.676 bits per heavy atom. The van der Waals surface area contributed by atoms with Crippen molar-refractivity contribution in [3.63, 3.8) is 0 Å². The van der Waals surface area contributed by atoms with Gasteiger partial charge in [0.25, 0.3) is 0 Å². The molecule has 0 bridgehead atoms. The van der Waals surface area contributed by atoms with Crippen molar-refractivity contribution < 1.29 is 36.7 Å². The zero-order valence-electron chi connectivity index (χ0n) is 26.0. The van der Waals surface area contributed by atoms with Gasteiger partial charge in [0.2, 0.25) is 0 Å². The third kappa shape index (κ3) is 43.7. The molecule has 0 aliphatic heterocycles. The molecule has 37 heavy (non-hydrogen) atoms. The molecule has 1 aromatic carbocycles. The summed E-state index contributed by atoms with van der Waals surface area (Å²) in [4.78, 5) is 0. The quantitative estimate of drug-likeness (QED) is 0.148. The number of hydrogen-bond acceptors (Lipinski definition) is 0. The standard InChI is InChI=1S/3C8H18N.C5H4F3Ge.Zr/c3*1-7(2)5-9-6-8(3)4;6-9(7,8)5-3-1-2-4-5;/h3*7-8H,5-6H2,1-4H3;1-4H;/q4*-1;+4. The molecule has 1 rings (SSSR count). The summed E-state index contributed by atoms with van der Waals surface area (Å²) in [7, 11) is 0. The van der Waals surface area contributed by atoms with Gasteiger partial charge in [0.15, 0.2) is 0 Å². The van der Waals surface area contributed by atoms with Gasteiger partial charge < -0.3 is 16.0 Å². The largest absolute Gasteiger partial charge is 4.00 e. The number of nitrogens with zero attached hydrogens (tertiary/aromatic N) is 3. The van der Waals surface area contributed by atoms with E-state index in [2.05, 4.69) is 99.0 Å². The molecule has 0 aromatic heterocycles. The molecule has 0 atom stereocenters. The van der Waals surface area contributed by atoms with Crippen molar-refractivity contribution in [1.82, 2.24) is 0 Å². The Balaban J connectivity index is -0.000000194. The molecule has 0 saturated carbocycles. The van der Waals surface area contributed by atoms with Gasteiger partial charge in [-0.15, -0.1) is 39.3 Å². The first kappa shape index (κ1) is 44.5. The van der Waals surface area contributed by atoms with Crippen LogP contribution in [0.15, 0.2) is 24.3 Å². The molecule has 0 aliphatic carbocycles. The van der Waals surface area contributed by atoms with Gasteiger partial charge in [0, 0.05) is 0 Å². The maximum Gasteiger partial charge on any atom is 4.00 e. The molecule has 0 N–H and O–H groups in total. The van der Waals surface area contributed by atoms with Gasteiger partial charge in [0.05, 0.1) is 0 Å². The smallest absolute Gasteiger partial charge is 4.00 e. The zero-order valence-corrected chi connectivity index (χ0v) is 30.5. The van der Waals surface area contributed by atoms with Crippen molar-refractivity contribution in [2.45, 2.75) is 83.1 Å². The maximum absolute atomic E-state index is 11.8. The van der Waals surface area contributed by atoms with E-state index in [1.54, 1.807) is 0 Å². The van der Waals surface area contributed by atoms with Crippen LogP contribution in [0.1, 0.15) is 83.1 Å². The van der Waals surface area contributed by atoms with Gasteiger partial charge in [0.1, 0.15) is 0 Å². The second kappa shape index (κ2) is 28.0. The van der Waals surface area contributed by atoms with Crippen molar-refractivity contribution >= 4 is 19.1 Å². The summed E-state index contributed by atoms with van der Waals surface area (Å²) in [6.45, 7) is 32.5. The van der Waals surface area contributed by atoms with E-state index in [4.69, 9.17) is 0 Å². The van der Waals surface area contributed by atoms with Crippen LogP contribution in [-0.4, -0.2) is 53.9 Å². The van der Waals surface area contributed by atoms with Gasteiger partial charge in [-0.1, -0.05) is 119 Å². The fourth-order valence-corrected chi connectivity index (χ4v) is 3.53. The van der Waals surface area contributed by atoms with Crippen LogP contribution in [0.3, 0.4) is 0 Å². The third-order valence-corrected chi connectivity index (χ3v) is 6.03. The topological polar surface area (TPSA) is 42.3 Å². The Morgan fingerprint density at radius 1 is 0.486 bits per heavy atom. The Kier molecular flexibility index (Phi) is 33.6. The first-order valence-electron chi connectivity index (χ1n) is 13.7. The summed E-state index contributed by atoms with van der Waals surface area (Å²) in [6, 6.07) is 5.07. The molecule has 0 unspecified atom stereocenters. The minimum Gasteiger partial charge on any atom is 4.00 e. The minimum atomic E-state index is -5.94. The van der Waals surface area contributed by atoms with Crippen LogP contribution in [0.2, 0.25) is 0 Å². The van der Waals surface area contributed by atoms with Gasteiger partial charge in [-0.2, -0.15) is 0 Å². The normalized spacial score (nSPS) is 11.2. The van der Waals surface area contributed by atoms with E-state index in [-0.39, 0.29) is 26.2 Å². The molecular formula is C29H58F3GeN3Zr. The summed E-state index contributed by atoms with van der Waals surface area (Å²) in [5.41, 5.74) is 0. The monoisotopic (exact) mass is 669 g/mol. The van der Waals surface area contributed by atoms with Crippen LogP contribution in [-0.2, 0) is 26.2 Å². The molecule has 0 saturated heterocycles. The first-order valence-corrected chi connectivity index (χ1v) is 17.1. The van der Waals surface area contributed by atoms with Crippen molar-refractivity contribution in [1.29, 1.82) is 0 Å². The van der Waals surface area contributed by atoms with Gasteiger partial charge in [-0.3, -0.25) is 0 Å². The molecule has 8 heteroatoms. The SMILES string of the molecule is CC(C)C[N-]CC(C)C.CC(C)C[N-]CC(C)C.CC(C)C[N-]CC(C)C.[F][Ge]([F])([F])[c-]1cccc1.[Zr+4]. The van der Waals surface area contributed by atoms with E-state index in [0.29, 0.717) is 0 Å². The van der Waals surface area contributed by atoms with Crippen molar-refractivity contribution in [3.05, 3.63) is 40.2 Å². The van der Waals surface area contributed by atoms with Gasteiger partial charge in [-0.25, -0.2) is 0 Å². The average Bonchev–Trinajstić information content (AvgIpc) is 3.23. The van der Waals surface area contributed by atoms with Crippen LogP contribution in [0, 0.1) is 35.5 Å². The summed E-state index contributed by atoms with van der Waals surface area (Å²) in [5, 5.41) is 13.1. The molecule has 0 aliphatic rings. The number of halogens is 3. The second-order valence-electron chi connectivity index (χ2n) is 11.8. The van der Waals surface area contributed by atoms with Crippen molar-refractivity contribution in [3.8, 4) is 0 Å². The average molecular weight is 670 g/mol. The predicted molar refractivity (Wildman–Crippen MR) is 159 cm³/mol. The minimum absolute atomic E-state index is 0. The number of rotatable bonds is 13. The summed E-state index contributed by atoms with van der Waals surface area (Å²) >= 11 is -5.94. The van der Waals surface area contributed by atoms with Crippen LogP contribution in [0.25, 0.3) is 16.0 Å². The number of hydrogen-bond donors (Lipinski definition) is 0. The van der Waals surface area contributed by atoms with Crippen LogP contribution >= 0.6 is 0 Å². The molecular weight excluding hydrogens is 611 g/mol.